The summed E-state index contributed by atoms with van der Waals surface area (Å²) in [6, 6.07) is 9.99. The van der Waals surface area contributed by atoms with Crippen LogP contribution in [-0.4, -0.2) is 10.8 Å². The van der Waals surface area contributed by atoms with Crippen LogP contribution in [0.2, 0.25) is 5.02 Å². The van der Waals surface area contributed by atoms with Gasteiger partial charge in [-0.15, -0.1) is 0 Å². The van der Waals surface area contributed by atoms with Crippen molar-refractivity contribution >= 4 is 28.9 Å². The van der Waals surface area contributed by atoms with Gasteiger partial charge in [0.2, 0.25) is 5.91 Å². The molecule has 23 heavy (non-hydrogen) atoms. The molecule has 5 nitrogen and oxygen atoms in total. The van der Waals surface area contributed by atoms with E-state index in [0.29, 0.717) is 17.9 Å². The minimum absolute atomic E-state index is 0.197. The van der Waals surface area contributed by atoms with E-state index in [1.807, 2.05) is 0 Å². The number of carbonyl (C=O) groups excluding carboxylic acids is 1. The summed E-state index contributed by atoms with van der Waals surface area (Å²) < 4.78 is 13.8. The predicted molar refractivity (Wildman–Crippen MR) is 84.0 cm³/mol. The Morgan fingerprint density at radius 3 is 2.61 bits per heavy atom. The Labute approximate surface area is 136 Å². The van der Waals surface area contributed by atoms with E-state index in [1.165, 1.54) is 0 Å². The summed E-state index contributed by atoms with van der Waals surface area (Å²) >= 11 is 5.96. The first kappa shape index (κ1) is 15.4. The molecule has 118 valence electrons. The molecule has 0 radical (unpaired) electrons. The van der Waals surface area contributed by atoms with Gasteiger partial charge in [0.15, 0.2) is 0 Å². The second-order valence-corrected chi connectivity index (χ2v) is 5.90. The fourth-order valence-electron chi connectivity index (χ4n) is 2.52. The van der Waals surface area contributed by atoms with Crippen LogP contribution in [-0.2, 0) is 10.2 Å². The number of nitrogens with zero attached hydrogens (tertiary/aromatic N) is 1. The normalized spacial score (nSPS) is 15.0. The third kappa shape index (κ3) is 2.90. The molecule has 0 spiro atoms. The van der Waals surface area contributed by atoms with Crippen LogP contribution in [0.3, 0.4) is 0 Å². The van der Waals surface area contributed by atoms with Crippen molar-refractivity contribution in [3.05, 3.63) is 69.0 Å². The van der Waals surface area contributed by atoms with Gasteiger partial charge in [-0.25, -0.2) is 4.39 Å². The number of halogens is 2. The topological polar surface area (TPSA) is 72.2 Å². The number of anilines is 1. The van der Waals surface area contributed by atoms with E-state index < -0.39 is 16.2 Å². The molecule has 3 rings (SSSR count). The molecule has 0 aliphatic heterocycles. The summed E-state index contributed by atoms with van der Waals surface area (Å²) in [5.41, 5.74) is -0.470. The van der Waals surface area contributed by atoms with Gasteiger partial charge in [-0.3, -0.25) is 14.9 Å². The van der Waals surface area contributed by atoms with Crippen molar-refractivity contribution in [1.82, 2.24) is 0 Å². The minimum Gasteiger partial charge on any atom is -0.323 e. The molecule has 7 heteroatoms. The van der Waals surface area contributed by atoms with Crippen LogP contribution in [0, 0.1) is 15.9 Å². The zero-order valence-electron chi connectivity index (χ0n) is 11.9. The summed E-state index contributed by atoms with van der Waals surface area (Å²) in [5, 5.41) is 13.8. The SMILES string of the molecule is O=C(Nc1cc([N+](=O)[O-])ccc1F)C1(c2cccc(Cl)c2)CC1. The number of nitro groups is 1. The predicted octanol–water partition coefficient (Wildman–Crippen LogP) is 4.06. The number of hydrogen-bond donors (Lipinski definition) is 1. The number of nitrogens with one attached hydrogen (secondary N) is 1. The van der Waals surface area contributed by atoms with E-state index in [-0.39, 0.29) is 17.3 Å². The van der Waals surface area contributed by atoms with Crippen LogP contribution < -0.4 is 5.32 Å². The van der Waals surface area contributed by atoms with Crippen LogP contribution in [0.5, 0.6) is 0 Å². The Bertz CT molecular complexity index is 806. The minimum atomic E-state index is -0.748. The number of amides is 1. The standard InChI is InChI=1S/C16H12ClFN2O3/c17-11-3-1-2-10(8-11)16(6-7-16)15(21)19-14-9-12(20(22)23)4-5-13(14)18/h1-5,8-9H,6-7H2,(H,19,21). The second-order valence-electron chi connectivity index (χ2n) is 5.47. The molecule has 1 amide bonds. The largest absolute Gasteiger partial charge is 0.323 e. The Balaban J connectivity index is 1.88. The maximum Gasteiger partial charge on any atom is 0.271 e. The van der Waals surface area contributed by atoms with Crippen LogP contribution in [0.4, 0.5) is 15.8 Å². The number of benzene rings is 2. The summed E-state index contributed by atoms with van der Waals surface area (Å²) in [4.78, 5) is 22.7. The first-order valence-electron chi connectivity index (χ1n) is 6.94. The zero-order chi connectivity index (χ0) is 16.6. The Kier molecular flexibility index (Phi) is 3.77. The van der Waals surface area contributed by atoms with Gasteiger partial charge in [-0.2, -0.15) is 0 Å². The fourth-order valence-corrected chi connectivity index (χ4v) is 2.71. The number of hydrogen-bond acceptors (Lipinski definition) is 3. The highest BCUT2D eigenvalue weighted by atomic mass is 35.5. The van der Waals surface area contributed by atoms with Crippen molar-refractivity contribution in [2.45, 2.75) is 18.3 Å². The van der Waals surface area contributed by atoms with Gasteiger partial charge < -0.3 is 5.32 Å². The summed E-state index contributed by atoms with van der Waals surface area (Å²) in [6.07, 6.45) is 1.24. The lowest BCUT2D eigenvalue weighted by atomic mass is 9.95. The van der Waals surface area contributed by atoms with Gasteiger partial charge in [0, 0.05) is 17.2 Å². The van der Waals surface area contributed by atoms with Crippen LogP contribution in [0.25, 0.3) is 0 Å². The first-order chi connectivity index (χ1) is 10.9. The molecule has 1 fully saturated rings. The number of carbonyl (C=O) groups is 1. The van der Waals surface area contributed by atoms with E-state index in [0.717, 1.165) is 23.8 Å². The fraction of sp³-hybridized carbons (Fsp3) is 0.188. The summed E-state index contributed by atoms with van der Waals surface area (Å²) in [5.74, 6) is -1.11. The quantitative estimate of drug-likeness (QED) is 0.677. The van der Waals surface area contributed by atoms with E-state index in [1.54, 1.807) is 24.3 Å². The lowest BCUT2D eigenvalue weighted by Crippen LogP contribution is -2.28. The van der Waals surface area contributed by atoms with Crippen molar-refractivity contribution in [2.24, 2.45) is 0 Å². The average Bonchev–Trinajstić information content (AvgIpc) is 3.31. The molecule has 0 heterocycles. The number of nitro benzene ring substituents is 1. The van der Waals surface area contributed by atoms with Gasteiger partial charge in [-0.05, 0) is 36.6 Å². The lowest BCUT2D eigenvalue weighted by molar-refractivity contribution is -0.384. The Hall–Kier alpha value is -2.47. The van der Waals surface area contributed by atoms with E-state index in [2.05, 4.69) is 5.32 Å². The van der Waals surface area contributed by atoms with Crippen LogP contribution in [0.1, 0.15) is 18.4 Å². The van der Waals surface area contributed by atoms with Crippen molar-refractivity contribution < 1.29 is 14.1 Å². The Morgan fingerprint density at radius 1 is 1.26 bits per heavy atom. The van der Waals surface area contributed by atoms with E-state index in [9.17, 15) is 19.3 Å². The third-order valence-electron chi connectivity index (χ3n) is 3.97. The van der Waals surface area contributed by atoms with E-state index in [4.69, 9.17) is 11.6 Å². The maximum absolute atomic E-state index is 13.8. The highest BCUT2D eigenvalue weighted by molar-refractivity contribution is 6.30. The van der Waals surface area contributed by atoms with Crippen molar-refractivity contribution in [3.63, 3.8) is 0 Å². The lowest BCUT2D eigenvalue weighted by Gasteiger charge is -2.16. The van der Waals surface area contributed by atoms with Crippen molar-refractivity contribution in [1.29, 1.82) is 0 Å². The molecule has 1 saturated carbocycles. The molecular formula is C16H12ClFN2O3. The first-order valence-corrected chi connectivity index (χ1v) is 7.32. The molecule has 0 unspecified atom stereocenters. The molecule has 2 aromatic carbocycles. The van der Waals surface area contributed by atoms with Gasteiger partial charge >= 0.3 is 0 Å². The highest BCUT2D eigenvalue weighted by Crippen LogP contribution is 2.49. The van der Waals surface area contributed by atoms with E-state index >= 15 is 0 Å². The average molecular weight is 335 g/mol. The zero-order valence-corrected chi connectivity index (χ0v) is 12.6. The molecule has 1 aliphatic carbocycles. The van der Waals surface area contributed by atoms with Crippen LogP contribution >= 0.6 is 11.6 Å². The highest BCUT2D eigenvalue weighted by Gasteiger charge is 2.51. The van der Waals surface area contributed by atoms with Gasteiger partial charge in [-0.1, -0.05) is 23.7 Å². The smallest absolute Gasteiger partial charge is 0.271 e. The molecule has 0 bridgehead atoms. The maximum atomic E-state index is 13.8. The number of rotatable bonds is 4. The van der Waals surface area contributed by atoms with Crippen molar-refractivity contribution in [3.8, 4) is 0 Å². The summed E-state index contributed by atoms with van der Waals surface area (Å²) in [7, 11) is 0. The number of non-ortho nitro benzene ring substituents is 1. The molecule has 0 saturated heterocycles. The van der Waals surface area contributed by atoms with Crippen molar-refractivity contribution in [2.75, 3.05) is 5.32 Å². The second kappa shape index (κ2) is 5.62. The van der Waals surface area contributed by atoms with Crippen LogP contribution in [0.15, 0.2) is 42.5 Å². The van der Waals surface area contributed by atoms with Gasteiger partial charge in [0.25, 0.3) is 5.69 Å². The molecule has 0 atom stereocenters. The molecule has 0 aromatic heterocycles. The molecule has 1 aliphatic rings. The molecule has 2 aromatic rings. The summed E-state index contributed by atoms with van der Waals surface area (Å²) in [6.45, 7) is 0. The molecular weight excluding hydrogens is 323 g/mol. The van der Waals surface area contributed by atoms with Gasteiger partial charge in [0.05, 0.1) is 16.0 Å². The molecule has 1 N–H and O–H groups in total. The van der Waals surface area contributed by atoms with Gasteiger partial charge in [0.1, 0.15) is 5.82 Å². The monoisotopic (exact) mass is 334 g/mol. The Morgan fingerprint density at radius 2 is 2.00 bits per heavy atom. The third-order valence-corrected chi connectivity index (χ3v) is 4.21.